The third-order valence-electron chi connectivity index (χ3n) is 5.27. The summed E-state index contributed by atoms with van der Waals surface area (Å²) in [6.07, 6.45) is 1.43. The zero-order valence-electron chi connectivity index (χ0n) is 20.2. The van der Waals surface area contributed by atoms with Gasteiger partial charge in [-0.1, -0.05) is 12.1 Å². The van der Waals surface area contributed by atoms with Crippen LogP contribution in [0, 0.1) is 0 Å². The van der Waals surface area contributed by atoms with Crippen LogP contribution in [0.4, 0.5) is 5.69 Å². The maximum atomic E-state index is 12.5. The average Bonchev–Trinajstić information content (AvgIpc) is 2.87. The van der Waals surface area contributed by atoms with E-state index >= 15 is 0 Å². The van der Waals surface area contributed by atoms with E-state index in [1.807, 2.05) is 38.1 Å². The van der Waals surface area contributed by atoms with Crippen molar-refractivity contribution >= 4 is 29.6 Å². The first-order valence-electron chi connectivity index (χ1n) is 11.4. The molecule has 2 N–H and O–H groups in total. The molecule has 2 aromatic rings. The molecule has 0 saturated carbocycles. The summed E-state index contributed by atoms with van der Waals surface area (Å²) < 4.78 is 10.8. The Kier molecular flexibility index (Phi) is 9.05. The monoisotopic (exact) mass is 481 g/mol. The Labute approximate surface area is 204 Å². The lowest BCUT2D eigenvalue weighted by Gasteiger charge is -2.36. The van der Waals surface area contributed by atoms with E-state index in [-0.39, 0.29) is 18.6 Å². The number of hydrazone groups is 1. The van der Waals surface area contributed by atoms with Gasteiger partial charge in [0.1, 0.15) is 11.5 Å². The van der Waals surface area contributed by atoms with Crippen LogP contribution in [0.2, 0.25) is 0 Å². The highest BCUT2D eigenvalue weighted by Gasteiger charge is 2.26. The normalized spacial score (nSPS) is 13.6. The number of benzene rings is 2. The van der Waals surface area contributed by atoms with E-state index in [2.05, 4.69) is 20.7 Å². The van der Waals surface area contributed by atoms with Gasteiger partial charge in [-0.05, 0) is 55.8 Å². The Morgan fingerprint density at radius 1 is 1.03 bits per heavy atom. The van der Waals surface area contributed by atoms with E-state index < -0.39 is 11.8 Å². The number of para-hydroxylation sites is 2. The summed E-state index contributed by atoms with van der Waals surface area (Å²) in [5.74, 6) is -0.296. The van der Waals surface area contributed by atoms with Crippen molar-refractivity contribution in [1.29, 1.82) is 0 Å². The van der Waals surface area contributed by atoms with Crippen molar-refractivity contribution in [1.82, 2.24) is 15.6 Å². The molecule has 2 aromatic carbocycles. The lowest BCUT2D eigenvalue weighted by Crippen LogP contribution is -2.52. The molecule has 3 amide bonds. The molecule has 3 rings (SSSR count). The van der Waals surface area contributed by atoms with Crippen LogP contribution in [-0.2, 0) is 14.4 Å². The third-order valence-corrected chi connectivity index (χ3v) is 5.27. The fourth-order valence-corrected chi connectivity index (χ4v) is 3.56. The van der Waals surface area contributed by atoms with Crippen LogP contribution in [0.1, 0.15) is 19.4 Å². The Balaban J connectivity index is 1.43. The first-order chi connectivity index (χ1) is 16.9. The second kappa shape index (κ2) is 12.4. The molecule has 10 heteroatoms. The Hall–Kier alpha value is -4.08. The summed E-state index contributed by atoms with van der Waals surface area (Å²) >= 11 is 0. The molecular formula is C25H31N5O5. The minimum Gasteiger partial charge on any atom is -0.495 e. The van der Waals surface area contributed by atoms with Crippen LogP contribution in [0.5, 0.6) is 11.5 Å². The van der Waals surface area contributed by atoms with Crippen LogP contribution in [0.3, 0.4) is 0 Å². The predicted molar refractivity (Wildman–Crippen MR) is 133 cm³/mol. The Morgan fingerprint density at radius 2 is 1.71 bits per heavy atom. The molecule has 0 aliphatic carbocycles. The predicted octanol–water partition coefficient (Wildman–Crippen LogP) is 1.40. The number of amides is 3. The molecular weight excluding hydrogens is 450 g/mol. The minimum atomic E-state index is -0.789. The second-order valence-corrected chi connectivity index (χ2v) is 8.23. The fraction of sp³-hybridized carbons (Fsp3) is 0.360. The van der Waals surface area contributed by atoms with Gasteiger partial charge in [0.25, 0.3) is 5.91 Å². The van der Waals surface area contributed by atoms with Gasteiger partial charge in [0, 0.05) is 32.2 Å². The van der Waals surface area contributed by atoms with Gasteiger partial charge in [-0.25, -0.2) is 5.43 Å². The van der Waals surface area contributed by atoms with Crippen LogP contribution in [-0.4, -0.2) is 74.8 Å². The number of nitrogens with one attached hydrogen (secondary N) is 2. The summed E-state index contributed by atoms with van der Waals surface area (Å²) in [6, 6.07) is 14.6. The number of anilines is 1. The van der Waals surface area contributed by atoms with Crippen LogP contribution >= 0.6 is 0 Å². The average molecular weight is 482 g/mol. The molecule has 0 spiro atoms. The molecule has 1 aliphatic rings. The molecule has 10 nitrogen and oxygen atoms in total. The van der Waals surface area contributed by atoms with Gasteiger partial charge in [-0.15, -0.1) is 0 Å². The summed E-state index contributed by atoms with van der Waals surface area (Å²) in [4.78, 5) is 40.0. The van der Waals surface area contributed by atoms with Crippen molar-refractivity contribution in [2.75, 3.05) is 44.8 Å². The van der Waals surface area contributed by atoms with Crippen molar-refractivity contribution in [2.24, 2.45) is 5.10 Å². The zero-order chi connectivity index (χ0) is 25.2. The van der Waals surface area contributed by atoms with E-state index in [1.54, 1.807) is 31.4 Å². The second-order valence-electron chi connectivity index (χ2n) is 8.23. The molecule has 1 fully saturated rings. The summed E-state index contributed by atoms with van der Waals surface area (Å²) in [5.41, 5.74) is 3.94. The quantitative estimate of drug-likeness (QED) is 0.335. The van der Waals surface area contributed by atoms with E-state index in [0.717, 1.165) is 11.4 Å². The SMILES string of the molecule is COc1ccccc1N1CCN(C(=O)C(=O)N/N=C\c2ccc(OCC(=O)NC(C)C)cc2)CC1. The van der Waals surface area contributed by atoms with Crippen molar-refractivity contribution in [3.05, 3.63) is 54.1 Å². The molecule has 0 aromatic heterocycles. The fourth-order valence-electron chi connectivity index (χ4n) is 3.56. The smallest absolute Gasteiger partial charge is 0.329 e. The summed E-state index contributed by atoms with van der Waals surface area (Å²) in [6.45, 7) is 5.71. The van der Waals surface area contributed by atoms with Crippen molar-refractivity contribution in [3.63, 3.8) is 0 Å². The third kappa shape index (κ3) is 7.46. The van der Waals surface area contributed by atoms with Gasteiger partial charge in [0.15, 0.2) is 6.61 Å². The Bertz CT molecular complexity index is 1050. The molecule has 1 heterocycles. The number of piperazine rings is 1. The van der Waals surface area contributed by atoms with Gasteiger partial charge in [-0.3, -0.25) is 14.4 Å². The number of ether oxygens (including phenoxy) is 2. The molecule has 186 valence electrons. The number of carbonyl (C=O) groups excluding carboxylic acids is 3. The zero-order valence-corrected chi connectivity index (χ0v) is 20.2. The van der Waals surface area contributed by atoms with E-state index in [0.29, 0.717) is 37.5 Å². The highest BCUT2D eigenvalue weighted by molar-refractivity contribution is 6.35. The van der Waals surface area contributed by atoms with Gasteiger partial charge < -0.3 is 24.6 Å². The van der Waals surface area contributed by atoms with Crippen molar-refractivity contribution < 1.29 is 23.9 Å². The van der Waals surface area contributed by atoms with Crippen LogP contribution < -0.4 is 25.1 Å². The van der Waals surface area contributed by atoms with E-state index in [1.165, 1.54) is 11.1 Å². The lowest BCUT2D eigenvalue weighted by molar-refractivity contribution is -0.146. The maximum Gasteiger partial charge on any atom is 0.329 e. The first kappa shape index (κ1) is 25.5. The van der Waals surface area contributed by atoms with Crippen LogP contribution in [0.25, 0.3) is 0 Å². The number of nitrogens with zero attached hydrogens (tertiary/aromatic N) is 3. The molecule has 0 bridgehead atoms. The highest BCUT2D eigenvalue weighted by atomic mass is 16.5. The molecule has 35 heavy (non-hydrogen) atoms. The van der Waals surface area contributed by atoms with Gasteiger partial charge in [-0.2, -0.15) is 5.10 Å². The largest absolute Gasteiger partial charge is 0.495 e. The van der Waals surface area contributed by atoms with E-state index in [9.17, 15) is 14.4 Å². The van der Waals surface area contributed by atoms with Gasteiger partial charge in [0.05, 0.1) is 19.0 Å². The molecule has 0 unspecified atom stereocenters. The number of methoxy groups -OCH3 is 1. The van der Waals surface area contributed by atoms with Crippen molar-refractivity contribution in [2.45, 2.75) is 19.9 Å². The molecule has 0 atom stereocenters. The standard InChI is InChI=1S/C25H31N5O5/c1-18(2)27-23(31)17-35-20-10-8-19(9-11-20)16-26-28-24(32)25(33)30-14-12-29(13-15-30)21-6-4-5-7-22(21)34-3/h4-11,16,18H,12-15,17H2,1-3H3,(H,27,31)(H,28,32)/b26-16-. The van der Waals surface area contributed by atoms with Gasteiger partial charge >= 0.3 is 11.8 Å². The molecule has 1 saturated heterocycles. The number of hydrogen-bond acceptors (Lipinski definition) is 7. The summed E-state index contributed by atoms with van der Waals surface area (Å²) in [7, 11) is 1.63. The summed E-state index contributed by atoms with van der Waals surface area (Å²) in [5, 5.41) is 6.62. The lowest BCUT2D eigenvalue weighted by atomic mass is 10.2. The van der Waals surface area contributed by atoms with E-state index in [4.69, 9.17) is 9.47 Å². The Morgan fingerprint density at radius 3 is 2.37 bits per heavy atom. The first-order valence-corrected chi connectivity index (χ1v) is 11.4. The molecule has 0 radical (unpaired) electrons. The topological polar surface area (TPSA) is 113 Å². The number of carbonyl (C=O) groups is 3. The number of rotatable bonds is 8. The highest BCUT2D eigenvalue weighted by Crippen LogP contribution is 2.28. The van der Waals surface area contributed by atoms with Crippen LogP contribution in [0.15, 0.2) is 53.6 Å². The number of hydrogen-bond donors (Lipinski definition) is 2. The van der Waals surface area contributed by atoms with Gasteiger partial charge in [0.2, 0.25) is 0 Å². The van der Waals surface area contributed by atoms with Crippen molar-refractivity contribution in [3.8, 4) is 11.5 Å². The minimum absolute atomic E-state index is 0.0507. The molecule has 1 aliphatic heterocycles. The maximum absolute atomic E-state index is 12.5.